The zero-order valence-electron chi connectivity index (χ0n) is 10.9. The van der Waals surface area contributed by atoms with Crippen molar-refractivity contribution >= 4 is 16.7 Å². The van der Waals surface area contributed by atoms with Gasteiger partial charge < -0.3 is 5.32 Å². The molecule has 0 spiro atoms. The fraction of sp³-hybridized carbons (Fsp3) is 0.312. The van der Waals surface area contributed by atoms with Gasteiger partial charge in [-0.15, -0.1) is 0 Å². The van der Waals surface area contributed by atoms with Gasteiger partial charge in [0.25, 0.3) is 0 Å². The van der Waals surface area contributed by atoms with E-state index in [1.165, 1.54) is 21.9 Å². The molecule has 1 N–H and O–H groups in total. The van der Waals surface area contributed by atoms with Crippen LogP contribution in [0.4, 0.5) is 0 Å². The molecule has 2 heteroatoms. The van der Waals surface area contributed by atoms with Gasteiger partial charge in [-0.2, -0.15) is 0 Å². The molecule has 2 aromatic carbocycles. The molecule has 0 heterocycles. The normalized spacial score (nSPS) is 20.1. The molecule has 1 aliphatic rings. The highest BCUT2D eigenvalue weighted by Crippen LogP contribution is 2.48. The van der Waals surface area contributed by atoms with Crippen LogP contribution >= 0.6 is 0 Å². The Kier molecular flexibility index (Phi) is 2.24. The highest BCUT2D eigenvalue weighted by Gasteiger charge is 2.40. The second kappa shape index (κ2) is 3.58. The predicted molar refractivity (Wildman–Crippen MR) is 73.5 cm³/mol. The average Bonchev–Trinajstić information content (AvgIpc) is 2.53. The van der Waals surface area contributed by atoms with Crippen LogP contribution in [0.25, 0.3) is 10.8 Å². The van der Waals surface area contributed by atoms with Gasteiger partial charge in [0.15, 0.2) is 0 Å². The Balaban J connectivity index is 2.30. The Morgan fingerprint density at radius 3 is 2.50 bits per heavy atom. The number of carbonyl (C=O) groups excluding carboxylic acids is 1. The van der Waals surface area contributed by atoms with Gasteiger partial charge in [-0.3, -0.25) is 4.79 Å². The quantitative estimate of drug-likeness (QED) is 0.812. The van der Waals surface area contributed by atoms with E-state index in [9.17, 15) is 4.79 Å². The third-order valence-corrected chi connectivity index (χ3v) is 4.01. The number of rotatable bonds is 1. The van der Waals surface area contributed by atoms with Gasteiger partial charge in [0.05, 0.1) is 6.04 Å². The van der Waals surface area contributed by atoms with Gasteiger partial charge in [-0.25, -0.2) is 0 Å². The molecule has 92 valence electrons. The fourth-order valence-corrected chi connectivity index (χ4v) is 3.15. The van der Waals surface area contributed by atoms with Gasteiger partial charge in [0.2, 0.25) is 5.91 Å². The first-order valence-corrected chi connectivity index (χ1v) is 6.31. The molecule has 0 bridgehead atoms. The fourth-order valence-electron chi connectivity index (χ4n) is 3.15. The molecule has 0 radical (unpaired) electrons. The summed E-state index contributed by atoms with van der Waals surface area (Å²) in [6.45, 7) is 5.98. The van der Waals surface area contributed by atoms with Gasteiger partial charge in [0, 0.05) is 12.3 Å². The number of hydrogen-bond acceptors (Lipinski definition) is 1. The van der Waals surface area contributed by atoms with Crippen molar-refractivity contribution in [1.29, 1.82) is 0 Å². The molecule has 0 aliphatic heterocycles. The van der Waals surface area contributed by atoms with Crippen molar-refractivity contribution in [3.05, 3.63) is 47.5 Å². The summed E-state index contributed by atoms with van der Waals surface area (Å²) < 4.78 is 0. The molecule has 18 heavy (non-hydrogen) atoms. The highest BCUT2D eigenvalue weighted by molar-refractivity contribution is 5.93. The van der Waals surface area contributed by atoms with Crippen LogP contribution in [0.5, 0.6) is 0 Å². The summed E-state index contributed by atoms with van der Waals surface area (Å²) >= 11 is 0. The Labute approximate surface area is 107 Å². The standard InChI is InChI=1S/C16H17NO/c1-10(18)17-15-12-8-4-6-11-7-5-9-13(14(11)12)16(15,2)3/h4-9,15H,1-3H3,(H,17,18)/t15-/m0/s1. The number of hydrogen-bond donors (Lipinski definition) is 1. The van der Waals surface area contributed by atoms with E-state index in [1.54, 1.807) is 6.92 Å². The molecule has 0 fully saturated rings. The van der Waals surface area contributed by atoms with E-state index >= 15 is 0 Å². The van der Waals surface area contributed by atoms with E-state index in [-0.39, 0.29) is 17.4 Å². The van der Waals surface area contributed by atoms with Crippen molar-refractivity contribution in [3.8, 4) is 0 Å². The van der Waals surface area contributed by atoms with Crippen LogP contribution in [0, 0.1) is 0 Å². The second-order valence-electron chi connectivity index (χ2n) is 5.61. The van der Waals surface area contributed by atoms with Crippen molar-refractivity contribution in [2.75, 3.05) is 0 Å². The van der Waals surface area contributed by atoms with Crippen molar-refractivity contribution in [2.45, 2.75) is 32.2 Å². The number of benzene rings is 2. The Morgan fingerprint density at radius 1 is 1.17 bits per heavy atom. The first kappa shape index (κ1) is 11.3. The molecule has 0 saturated heterocycles. The van der Waals surface area contributed by atoms with Crippen molar-refractivity contribution in [3.63, 3.8) is 0 Å². The third kappa shape index (κ3) is 1.38. The highest BCUT2D eigenvalue weighted by atomic mass is 16.1. The monoisotopic (exact) mass is 239 g/mol. The van der Waals surface area contributed by atoms with E-state index in [1.807, 2.05) is 0 Å². The van der Waals surface area contributed by atoms with Gasteiger partial charge in [-0.1, -0.05) is 50.2 Å². The summed E-state index contributed by atoms with van der Waals surface area (Å²) in [5.74, 6) is 0.0258. The lowest BCUT2D eigenvalue weighted by Crippen LogP contribution is -2.36. The molecule has 0 saturated carbocycles. The summed E-state index contributed by atoms with van der Waals surface area (Å²) in [6, 6.07) is 12.8. The zero-order valence-corrected chi connectivity index (χ0v) is 10.9. The Hall–Kier alpha value is -1.83. The summed E-state index contributed by atoms with van der Waals surface area (Å²) in [5, 5.41) is 5.66. The van der Waals surface area contributed by atoms with Crippen LogP contribution in [0.1, 0.15) is 37.9 Å². The average molecular weight is 239 g/mol. The van der Waals surface area contributed by atoms with E-state index < -0.39 is 0 Å². The molecule has 0 unspecified atom stereocenters. The Bertz CT molecular complexity index is 637. The summed E-state index contributed by atoms with van der Waals surface area (Å²) in [7, 11) is 0. The van der Waals surface area contributed by atoms with E-state index in [0.29, 0.717) is 0 Å². The Morgan fingerprint density at radius 2 is 1.83 bits per heavy atom. The molecular formula is C16H17NO. The van der Waals surface area contributed by atoms with Crippen LogP contribution in [0.3, 0.4) is 0 Å². The van der Waals surface area contributed by atoms with E-state index in [2.05, 4.69) is 55.6 Å². The molecule has 2 aromatic rings. The number of nitrogens with one attached hydrogen (secondary N) is 1. The lowest BCUT2D eigenvalue weighted by molar-refractivity contribution is -0.120. The maximum atomic E-state index is 11.4. The maximum absolute atomic E-state index is 11.4. The number of amides is 1. The topological polar surface area (TPSA) is 29.1 Å². The molecular weight excluding hydrogens is 222 g/mol. The molecule has 1 atom stereocenters. The lowest BCUT2D eigenvalue weighted by Gasteiger charge is -2.29. The zero-order chi connectivity index (χ0) is 12.9. The van der Waals surface area contributed by atoms with Crippen molar-refractivity contribution in [1.82, 2.24) is 5.32 Å². The first-order valence-electron chi connectivity index (χ1n) is 6.31. The van der Waals surface area contributed by atoms with Crippen LogP contribution in [0.15, 0.2) is 36.4 Å². The van der Waals surface area contributed by atoms with Crippen LogP contribution in [-0.2, 0) is 10.2 Å². The molecule has 2 nitrogen and oxygen atoms in total. The molecule has 1 amide bonds. The van der Waals surface area contributed by atoms with Gasteiger partial charge in [-0.05, 0) is 21.9 Å². The number of carbonyl (C=O) groups is 1. The van der Waals surface area contributed by atoms with E-state index in [0.717, 1.165) is 0 Å². The van der Waals surface area contributed by atoms with Crippen LogP contribution < -0.4 is 5.32 Å². The van der Waals surface area contributed by atoms with Crippen LogP contribution in [0.2, 0.25) is 0 Å². The summed E-state index contributed by atoms with van der Waals surface area (Å²) in [5.41, 5.74) is 2.51. The smallest absolute Gasteiger partial charge is 0.217 e. The van der Waals surface area contributed by atoms with Crippen LogP contribution in [-0.4, -0.2) is 5.91 Å². The minimum atomic E-state index is -0.0606. The van der Waals surface area contributed by atoms with Crippen molar-refractivity contribution < 1.29 is 4.79 Å². The lowest BCUT2D eigenvalue weighted by atomic mass is 9.81. The minimum Gasteiger partial charge on any atom is -0.349 e. The first-order chi connectivity index (χ1) is 8.51. The third-order valence-electron chi connectivity index (χ3n) is 4.01. The van der Waals surface area contributed by atoms with Gasteiger partial charge >= 0.3 is 0 Å². The summed E-state index contributed by atoms with van der Waals surface area (Å²) in [6.07, 6.45) is 0. The minimum absolute atomic E-state index is 0.0258. The second-order valence-corrected chi connectivity index (χ2v) is 5.61. The van der Waals surface area contributed by atoms with Gasteiger partial charge in [0.1, 0.15) is 0 Å². The SMILES string of the molecule is CC(=O)N[C@H]1c2cccc3cccc(c23)C1(C)C. The summed E-state index contributed by atoms with van der Waals surface area (Å²) in [4.78, 5) is 11.4. The molecule has 3 rings (SSSR count). The van der Waals surface area contributed by atoms with E-state index in [4.69, 9.17) is 0 Å². The molecule has 0 aromatic heterocycles. The van der Waals surface area contributed by atoms with Crippen molar-refractivity contribution in [2.24, 2.45) is 0 Å². The predicted octanol–water partition coefficient (Wildman–Crippen LogP) is 3.31. The molecule has 1 aliphatic carbocycles. The largest absolute Gasteiger partial charge is 0.349 e. The maximum Gasteiger partial charge on any atom is 0.217 e.